The molecule has 6 nitrogen and oxygen atoms in total. The van der Waals surface area contributed by atoms with Gasteiger partial charge in [0.05, 0.1) is 12.7 Å². The first kappa shape index (κ1) is 24.7. The number of methoxy groups -OCH3 is 1. The van der Waals surface area contributed by atoms with Gasteiger partial charge in [0.2, 0.25) is 5.91 Å². The zero-order valence-electron chi connectivity index (χ0n) is 19.2. The fourth-order valence-electron chi connectivity index (χ4n) is 3.94. The average Bonchev–Trinajstić information content (AvgIpc) is 3.21. The van der Waals surface area contributed by atoms with Crippen molar-refractivity contribution in [3.05, 3.63) is 16.3 Å². The standard InChI is InChI=1S/C12H19NO2S.C11H20N2O/c1-4-6-13(7-5-2)12(14)10-8-16-9-11(10)15-3;1-2-11(14)13-8-6-12(7-9-13)10-4-3-5-10/h8-9H,4-7H2,1-3H3;10H,2-9H2,1H3. The first-order chi connectivity index (χ1) is 14.5. The molecule has 0 atom stereocenters. The molecule has 0 unspecified atom stereocenters. The lowest BCUT2D eigenvalue weighted by atomic mass is 9.91. The predicted octanol–water partition coefficient (Wildman–Crippen LogP) is 4.11. The molecule has 30 heavy (non-hydrogen) atoms. The maximum absolute atomic E-state index is 12.2. The third-order valence-electron chi connectivity index (χ3n) is 5.91. The van der Waals surface area contributed by atoms with Crippen molar-refractivity contribution in [3.63, 3.8) is 0 Å². The van der Waals surface area contributed by atoms with E-state index < -0.39 is 0 Å². The number of nitrogens with zero attached hydrogens (tertiary/aromatic N) is 3. The van der Waals surface area contributed by atoms with Crippen LogP contribution >= 0.6 is 11.3 Å². The summed E-state index contributed by atoms with van der Waals surface area (Å²) in [4.78, 5) is 30.1. The summed E-state index contributed by atoms with van der Waals surface area (Å²) in [5, 5.41) is 3.72. The molecule has 0 aromatic carbocycles. The molecule has 7 heteroatoms. The van der Waals surface area contributed by atoms with E-state index in [2.05, 4.69) is 18.7 Å². The van der Waals surface area contributed by atoms with Crippen LogP contribution in [0.4, 0.5) is 0 Å². The number of carbonyl (C=O) groups excluding carboxylic acids is 2. The molecule has 2 amide bonds. The Balaban J connectivity index is 0.000000215. The summed E-state index contributed by atoms with van der Waals surface area (Å²) in [6.07, 6.45) is 6.78. The second kappa shape index (κ2) is 13.0. The highest BCUT2D eigenvalue weighted by Crippen LogP contribution is 2.26. The Morgan fingerprint density at radius 2 is 1.70 bits per heavy atom. The molecule has 3 rings (SSSR count). The summed E-state index contributed by atoms with van der Waals surface area (Å²) in [7, 11) is 1.60. The third kappa shape index (κ3) is 6.71. The van der Waals surface area contributed by atoms with Crippen LogP contribution in [0.15, 0.2) is 10.8 Å². The molecular weight excluding hydrogens is 398 g/mol. The smallest absolute Gasteiger partial charge is 0.258 e. The Bertz CT molecular complexity index is 646. The largest absolute Gasteiger partial charge is 0.495 e. The van der Waals surface area contributed by atoms with E-state index in [1.54, 1.807) is 7.11 Å². The van der Waals surface area contributed by atoms with Crippen molar-refractivity contribution in [2.24, 2.45) is 0 Å². The van der Waals surface area contributed by atoms with Gasteiger partial charge in [0, 0.05) is 62.5 Å². The van der Waals surface area contributed by atoms with Gasteiger partial charge in [-0.1, -0.05) is 27.2 Å². The molecule has 1 aromatic heterocycles. The zero-order valence-corrected chi connectivity index (χ0v) is 20.0. The van der Waals surface area contributed by atoms with Gasteiger partial charge in [-0.05, 0) is 25.7 Å². The monoisotopic (exact) mass is 437 g/mol. The molecule has 2 aliphatic rings. The minimum Gasteiger partial charge on any atom is -0.495 e. The van der Waals surface area contributed by atoms with E-state index in [4.69, 9.17) is 4.74 Å². The summed E-state index contributed by atoms with van der Waals surface area (Å²) in [5.74, 6) is 1.09. The quantitative estimate of drug-likeness (QED) is 0.614. The maximum Gasteiger partial charge on any atom is 0.258 e. The van der Waals surface area contributed by atoms with Gasteiger partial charge < -0.3 is 14.5 Å². The minimum absolute atomic E-state index is 0.0850. The molecule has 2 heterocycles. The zero-order chi connectivity index (χ0) is 21.9. The average molecular weight is 438 g/mol. The van der Waals surface area contributed by atoms with Crippen LogP contribution in [0.5, 0.6) is 5.75 Å². The van der Waals surface area contributed by atoms with Gasteiger partial charge in [-0.15, -0.1) is 11.3 Å². The van der Waals surface area contributed by atoms with Crippen LogP contribution in [0, 0.1) is 0 Å². The van der Waals surface area contributed by atoms with Crippen LogP contribution in [0.25, 0.3) is 0 Å². The molecule has 2 fully saturated rings. The van der Waals surface area contributed by atoms with Gasteiger partial charge >= 0.3 is 0 Å². The topological polar surface area (TPSA) is 53.1 Å². The van der Waals surface area contributed by atoms with Gasteiger partial charge in [0.15, 0.2) is 0 Å². The number of rotatable bonds is 8. The van der Waals surface area contributed by atoms with Gasteiger partial charge in [0.1, 0.15) is 5.75 Å². The fraction of sp³-hybridized carbons (Fsp3) is 0.739. The normalized spacial score (nSPS) is 17.0. The lowest BCUT2D eigenvalue weighted by Gasteiger charge is -2.42. The molecule has 0 radical (unpaired) electrons. The van der Waals surface area contributed by atoms with E-state index in [0.29, 0.717) is 23.6 Å². The van der Waals surface area contributed by atoms with Gasteiger partial charge in [-0.2, -0.15) is 0 Å². The summed E-state index contributed by atoms with van der Waals surface area (Å²) in [5.41, 5.74) is 0.689. The van der Waals surface area contributed by atoms with Crippen molar-refractivity contribution in [3.8, 4) is 5.75 Å². The predicted molar refractivity (Wildman–Crippen MR) is 123 cm³/mol. The minimum atomic E-state index is 0.0850. The molecular formula is C23H39N3O3S. The van der Waals surface area contributed by atoms with Crippen LogP contribution in [0.3, 0.4) is 0 Å². The Morgan fingerprint density at radius 3 is 2.17 bits per heavy atom. The van der Waals surface area contributed by atoms with Crippen LogP contribution in [-0.4, -0.2) is 78.9 Å². The first-order valence-corrected chi connectivity index (χ1v) is 12.4. The number of carbonyl (C=O) groups is 2. The maximum atomic E-state index is 12.2. The molecule has 1 saturated heterocycles. The molecule has 1 aliphatic carbocycles. The van der Waals surface area contributed by atoms with Gasteiger partial charge in [-0.25, -0.2) is 0 Å². The molecule has 170 valence electrons. The van der Waals surface area contributed by atoms with E-state index >= 15 is 0 Å². The van der Waals surface area contributed by atoms with Crippen LogP contribution in [-0.2, 0) is 4.79 Å². The third-order valence-corrected chi connectivity index (χ3v) is 6.63. The molecule has 1 saturated carbocycles. The fourth-order valence-corrected chi connectivity index (χ4v) is 4.70. The second-order valence-corrected chi connectivity index (χ2v) is 8.74. The first-order valence-electron chi connectivity index (χ1n) is 11.5. The van der Waals surface area contributed by atoms with Crippen molar-refractivity contribution in [1.82, 2.24) is 14.7 Å². The van der Waals surface area contributed by atoms with Crippen molar-refractivity contribution < 1.29 is 14.3 Å². The number of piperazine rings is 1. The summed E-state index contributed by atoms with van der Waals surface area (Å²) >= 11 is 1.50. The van der Waals surface area contributed by atoms with E-state index in [1.165, 1.54) is 30.6 Å². The number of thiophene rings is 1. The van der Waals surface area contributed by atoms with Crippen molar-refractivity contribution in [2.75, 3.05) is 46.4 Å². The lowest BCUT2D eigenvalue weighted by Crippen LogP contribution is -2.53. The van der Waals surface area contributed by atoms with Crippen molar-refractivity contribution in [2.45, 2.75) is 65.3 Å². The van der Waals surface area contributed by atoms with Crippen LogP contribution < -0.4 is 4.74 Å². The van der Waals surface area contributed by atoms with E-state index in [0.717, 1.165) is 58.2 Å². The van der Waals surface area contributed by atoms with Gasteiger partial charge in [-0.3, -0.25) is 14.5 Å². The lowest BCUT2D eigenvalue weighted by molar-refractivity contribution is -0.133. The van der Waals surface area contributed by atoms with Crippen LogP contribution in [0.2, 0.25) is 0 Å². The Labute approximate surface area is 186 Å². The number of hydrogen-bond donors (Lipinski definition) is 0. The highest BCUT2D eigenvalue weighted by atomic mass is 32.1. The highest BCUT2D eigenvalue weighted by Gasteiger charge is 2.28. The number of ether oxygens (including phenoxy) is 1. The van der Waals surface area contributed by atoms with E-state index in [9.17, 15) is 9.59 Å². The van der Waals surface area contributed by atoms with E-state index in [1.807, 2.05) is 27.5 Å². The number of amides is 2. The Morgan fingerprint density at radius 1 is 1.07 bits per heavy atom. The molecule has 1 aliphatic heterocycles. The molecule has 0 bridgehead atoms. The Kier molecular flexibility index (Phi) is 10.6. The van der Waals surface area contributed by atoms with Crippen molar-refractivity contribution in [1.29, 1.82) is 0 Å². The number of hydrogen-bond acceptors (Lipinski definition) is 5. The van der Waals surface area contributed by atoms with E-state index in [-0.39, 0.29) is 5.91 Å². The van der Waals surface area contributed by atoms with Gasteiger partial charge in [0.25, 0.3) is 5.91 Å². The van der Waals surface area contributed by atoms with Crippen LogP contribution in [0.1, 0.15) is 69.7 Å². The SMILES string of the molecule is CCC(=O)N1CCN(C2CCC2)CC1.CCCN(CCC)C(=O)c1cscc1OC. The highest BCUT2D eigenvalue weighted by molar-refractivity contribution is 7.08. The summed E-state index contributed by atoms with van der Waals surface area (Å²) in [6.45, 7) is 11.8. The summed E-state index contributed by atoms with van der Waals surface area (Å²) in [6, 6.07) is 0.842. The molecule has 1 aromatic rings. The molecule has 0 N–H and O–H groups in total. The Hall–Kier alpha value is -1.60. The summed E-state index contributed by atoms with van der Waals surface area (Å²) < 4.78 is 5.18. The van der Waals surface area contributed by atoms with Crippen molar-refractivity contribution >= 4 is 23.2 Å². The molecule has 0 spiro atoms. The second-order valence-electron chi connectivity index (χ2n) is 8.00.